The highest BCUT2D eigenvalue weighted by Crippen LogP contribution is 2.36. The van der Waals surface area contributed by atoms with E-state index in [0.29, 0.717) is 17.5 Å². The fourth-order valence-corrected chi connectivity index (χ4v) is 3.36. The summed E-state index contributed by atoms with van der Waals surface area (Å²) in [6.07, 6.45) is 0.632. The van der Waals surface area contributed by atoms with Crippen LogP contribution in [0.2, 0.25) is 0 Å². The van der Waals surface area contributed by atoms with Gasteiger partial charge in [-0.15, -0.1) is 0 Å². The lowest BCUT2D eigenvalue weighted by Gasteiger charge is -2.38. The number of carbonyl (C=O) groups is 1. The largest absolute Gasteiger partial charge is 0.364 e. The van der Waals surface area contributed by atoms with E-state index in [9.17, 15) is 14.9 Å². The zero-order chi connectivity index (χ0) is 14.0. The van der Waals surface area contributed by atoms with E-state index < -0.39 is 4.92 Å². The van der Waals surface area contributed by atoms with Crippen LogP contribution in [0.25, 0.3) is 0 Å². The van der Waals surface area contributed by atoms with Gasteiger partial charge in [-0.05, 0) is 26.0 Å². The summed E-state index contributed by atoms with van der Waals surface area (Å²) in [5.74, 6) is 0.944. The van der Waals surface area contributed by atoms with Gasteiger partial charge in [-0.3, -0.25) is 14.9 Å². The van der Waals surface area contributed by atoms with Crippen LogP contribution in [0, 0.1) is 10.1 Å². The van der Waals surface area contributed by atoms with Gasteiger partial charge in [-0.25, -0.2) is 0 Å². The predicted molar refractivity (Wildman–Crippen MR) is 77.2 cm³/mol. The van der Waals surface area contributed by atoms with Crippen molar-refractivity contribution in [1.29, 1.82) is 0 Å². The Bertz CT molecular complexity index is 517. The Labute approximate surface area is 116 Å². The van der Waals surface area contributed by atoms with Gasteiger partial charge in [0.25, 0.3) is 5.69 Å². The van der Waals surface area contributed by atoms with Gasteiger partial charge in [-0.1, -0.05) is 0 Å². The van der Waals surface area contributed by atoms with Gasteiger partial charge in [-0.2, -0.15) is 11.8 Å². The summed E-state index contributed by atoms with van der Waals surface area (Å²) in [7, 11) is 0. The standard InChI is InChI=1S/C13H16N2O3S/c1-13(2)9-14(5-6-19-13)11-4-3-10(8-16)7-12(11)15(17)18/h3-4,7-8H,5-6,9H2,1-2H3. The Balaban J connectivity index is 2.38. The summed E-state index contributed by atoms with van der Waals surface area (Å²) in [5.41, 5.74) is 0.942. The van der Waals surface area contributed by atoms with Crippen LogP contribution in [0.15, 0.2) is 18.2 Å². The SMILES string of the molecule is CC1(C)CN(c2ccc(C=O)cc2[N+](=O)[O-])CCS1. The minimum absolute atomic E-state index is 0.00676. The maximum Gasteiger partial charge on any atom is 0.293 e. The first kappa shape index (κ1) is 13.9. The fraction of sp³-hybridized carbons (Fsp3) is 0.462. The van der Waals surface area contributed by atoms with E-state index in [0.717, 1.165) is 18.8 Å². The number of hydrogen-bond donors (Lipinski definition) is 0. The van der Waals surface area contributed by atoms with Gasteiger partial charge in [0.05, 0.1) is 4.92 Å². The smallest absolute Gasteiger partial charge is 0.293 e. The molecule has 19 heavy (non-hydrogen) atoms. The minimum atomic E-state index is -0.420. The number of rotatable bonds is 3. The summed E-state index contributed by atoms with van der Waals surface area (Å²) in [4.78, 5) is 23.5. The second-order valence-corrected chi connectivity index (χ2v) is 6.95. The highest BCUT2D eigenvalue weighted by Gasteiger charge is 2.30. The number of aldehydes is 1. The Kier molecular flexibility index (Phi) is 3.80. The molecule has 1 aliphatic heterocycles. The average molecular weight is 280 g/mol. The van der Waals surface area contributed by atoms with E-state index in [-0.39, 0.29) is 10.4 Å². The van der Waals surface area contributed by atoms with Crippen molar-refractivity contribution in [2.75, 3.05) is 23.7 Å². The summed E-state index contributed by atoms with van der Waals surface area (Å²) in [5, 5.41) is 11.2. The van der Waals surface area contributed by atoms with Gasteiger partial charge in [0.1, 0.15) is 12.0 Å². The molecule has 0 aliphatic carbocycles. The number of nitro benzene ring substituents is 1. The van der Waals surface area contributed by atoms with Crippen molar-refractivity contribution in [3.63, 3.8) is 0 Å². The number of hydrogen-bond acceptors (Lipinski definition) is 5. The molecule has 5 nitrogen and oxygen atoms in total. The predicted octanol–water partition coefficient (Wildman–Crippen LogP) is 2.74. The minimum Gasteiger partial charge on any atom is -0.364 e. The van der Waals surface area contributed by atoms with Crippen molar-refractivity contribution in [1.82, 2.24) is 0 Å². The fourth-order valence-electron chi connectivity index (χ4n) is 2.25. The van der Waals surface area contributed by atoms with E-state index in [4.69, 9.17) is 0 Å². The number of carbonyl (C=O) groups excluding carboxylic acids is 1. The highest BCUT2D eigenvalue weighted by molar-refractivity contribution is 8.00. The molecule has 0 aromatic heterocycles. The van der Waals surface area contributed by atoms with Crippen LogP contribution in [0.3, 0.4) is 0 Å². The third-order valence-corrected chi connectivity index (χ3v) is 4.40. The molecule has 0 radical (unpaired) electrons. The first-order valence-corrected chi connectivity index (χ1v) is 7.04. The molecular formula is C13H16N2O3S. The normalized spacial score (nSPS) is 18.1. The van der Waals surface area contributed by atoms with Crippen LogP contribution in [-0.4, -0.2) is 34.8 Å². The number of anilines is 1. The number of nitro groups is 1. The van der Waals surface area contributed by atoms with Crippen LogP contribution in [0.4, 0.5) is 11.4 Å². The van der Waals surface area contributed by atoms with Crippen LogP contribution in [0.1, 0.15) is 24.2 Å². The van der Waals surface area contributed by atoms with Gasteiger partial charge < -0.3 is 4.90 Å². The zero-order valence-electron chi connectivity index (χ0n) is 11.0. The lowest BCUT2D eigenvalue weighted by molar-refractivity contribution is -0.384. The van der Waals surface area contributed by atoms with E-state index in [1.165, 1.54) is 6.07 Å². The van der Waals surface area contributed by atoms with Crippen LogP contribution in [0.5, 0.6) is 0 Å². The monoisotopic (exact) mass is 280 g/mol. The summed E-state index contributed by atoms with van der Waals surface area (Å²) >= 11 is 1.87. The van der Waals surface area contributed by atoms with Crippen molar-refractivity contribution >= 4 is 29.4 Å². The van der Waals surface area contributed by atoms with Crippen LogP contribution < -0.4 is 4.90 Å². The second-order valence-electron chi connectivity index (χ2n) is 5.15. The van der Waals surface area contributed by atoms with Crippen molar-refractivity contribution in [2.45, 2.75) is 18.6 Å². The Hall–Kier alpha value is -1.56. The molecule has 0 unspecified atom stereocenters. The molecule has 0 atom stereocenters. The Morgan fingerprint density at radius 2 is 2.21 bits per heavy atom. The molecule has 0 bridgehead atoms. The third kappa shape index (κ3) is 3.07. The van der Waals surface area contributed by atoms with E-state index >= 15 is 0 Å². The summed E-state index contributed by atoms with van der Waals surface area (Å²) in [6, 6.07) is 4.65. The molecule has 0 N–H and O–H groups in total. The van der Waals surface area contributed by atoms with E-state index in [1.54, 1.807) is 12.1 Å². The molecule has 2 rings (SSSR count). The molecule has 1 aromatic rings. The quantitative estimate of drug-likeness (QED) is 0.484. The van der Waals surface area contributed by atoms with E-state index in [1.807, 2.05) is 16.7 Å². The van der Waals surface area contributed by atoms with Crippen LogP contribution >= 0.6 is 11.8 Å². The molecule has 1 heterocycles. The molecule has 1 saturated heterocycles. The topological polar surface area (TPSA) is 63.5 Å². The highest BCUT2D eigenvalue weighted by atomic mass is 32.2. The lowest BCUT2D eigenvalue weighted by Crippen LogP contribution is -2.43. The molecular weight excluding hydrogens is 264 g/mol. The zero-order valence-corrected chi connectivity index (χ0v) is 11.8. The van der Waals surface area contributed by atoms with Crippen molar-refractivity contribution in [2.24, 2.45) is 0 Å². The summed E-state index contributed by atoms with van der Waals surface area (Å²) < 4.78 is 0.0788. The first-order valence-electron chi connectivity index (χ1n) is 6.05. The molecule has 0 spiro atoms. The van der Waals surface area contributed by atoms with Gasteiger partial charge in [0.2, 0.25) is 0 Å². The Morgan fingerprint density at radius 3 is 2.79 bits per heavy atom. The Morgan fingerprint density at radius 1 is 1.47 bits per heavy atom. The third-order valence-electron chi connectivity index (χ3n) is 3.10. The molecule has 0 saturated carbocycles. The number of benzene rings is 1. The van der Waals surface area contributed by atoms with Crippen molar-refractivity contribution < 1.29 is 9.72 Å². The lowest BCUT2D eigenvalue weighted by atomic mass is 10.1. The maximum atomic E-state index is 11.2. The van der Waals surface area contributed by atoms with E-state index in [2.05, 4.69) is 13.8 Å². The number of nitrogens with zero attached hydrogens (tertiary/aromatic N) is 2. The molecule has 102 valence electrons. The first-order chi connectivity index (χ1) is 8.93. The molecule has 0 amide bonds. The molecule has 6 heteroatoms. The number of thioether (sulfide) groups is 1. The average Bonchev–Trinajstić information content (AvgIpc) is 2.36. The molecule has 1 aromatic carbocycles. The second kappa shape index (κ2) is 5.21. The van der Waals surface area contributed by atoms with Gasteiger partial charge >= 0.3 is 0 Å². The molecule has 1 fully saturated rings. The van der Waals surface area contributed by atoms with Crippen molar-refractivity contribution in [3.05, 3.63) is 33.9 Å². The van der Waals surface area contributed by atoms with Gasteiger partial charge in [0.15, 0.2) is 0 Å². The van der Waals surface area contributed by atoms with Crippen molar-refractivity contribution in [3.8, 4) is 0 Å². The summed E-state index contributed by atoms with van der Waals surface area (Å²) in [6.45, 7) is 5.82. The van der Waals surface area contributed by atoms with Crippen LogP contribution in [-0.2, 0) is 0 Å². The molecule has 1 aliphatic rings. The maximum absolute atomic E-state index is 11.2. The van der Waals surface area contributed by atoms with Gasteiger partial charge in [0, 0.05) is 35.2 Å².